The molecule has 0 aliphatic heterocycles. The Kier molecular flexibility index (Phi) is 11.9. The number of hydrogen-bond acceptors (Lipinski definition) is 2. The molecule has 0 heterocycles. The molecule has 0 aliphatic rings. The second kappa shape index (κ2) is 13.5. The maximum Gasteiger partial charge on any atom is 0.382 e. The SMILES string of the molecule is CC(C)(C)[Si](C)(C)CCCCCCCCCCCNc1ccc(C#CC(=O)O)cc1. The van der Waals surface area contributed by atoms with Gasteiger partial charge < -0.3 is 10.4 Å². The van der Waals surface area contributed by atoms with E-state index in [0.717, 1.165) is 17.8 Å². The first-order valence-corrected chi connectivity index (χ1v) is 14.9. The molecule has 0 bridgehead atoms. The monoisotopic (exact) mass is 429 g/mol. The lowest BCUT2D eigenvalue weighted by atomic mass is 10.1. The Balaban J connectivity index is 1.98. The number of aliphatic carboxylic acids is 1. The van der Waals surface area contributed by atoms with Crippen molar-refractivity contribution in [2.24, 2.45) is 0 Å². The number of anilines is 1. The van der Waals surface area contributed by atoms with Crippen molar-refractivity contribution >= 4 is 19.7 Å². The van der Waals surface area contributed by atoms with Crippen molar-refractivity contribution in [1.82, 2.24) is 0 Å². The third-order valence-electron chi connectivity index (χ3n) is 6.54. The lowest BCUT2D eigenvalue weighted by molar-refractivity contribution is -0.130. The Morgan fingerprint density at radius 2 is 1.40 bits per heavy atom. The fraction of sp³-hybridized carbons (Fsp3) is 0.654. The van der Waals surface area contributed by atoms with Crippen LogP contribution >= 0.6 is 0 Å². The van der Waals surface area contributed by atoms with E-state index in [0.29, 0.717) is 5.04 Å². The number of rotatable bonds is 13. The van der Waals surface area contributed by atoms with Crippen LogP contribution in [-0.2, 0) is 4.79 Å². The molecule has 0 spiro atoms. The summed E-state index contributed by atoms with van der Waals surface area (Å²) in [4.78, 5) is 10.4. The zero-order valence-corrected chi connectivity index (χ0v) is 20.9. The number of nitrogens with one attached hydrogen (secondary N) is 1. The Labute approximate surface area is 186 Å². The number of carbonyl (C=O) groups is 1. The van der Waals surface area contributed by atoms with Crippen LogP contribution in [0.3, 0.4) is 0 Å². The molecule has 0 atom stereocenters. The van der Waals surface area contributed by atoms with Crippen LogP contribution in [-0.4, -0.2) is 25.7 Å². The third-order valence-corrected chi connectivity index (χ3v) is 12.2. The van der Waals surface area contributed by atoms with Gasteiger partial charge in [-0.3, -0.25) is 0 Å². The van der Waals surface area contributed by atoms with Crippen LogP contribution in [0.15, 0.2) is 24.3 Å². The second-order valence-corrected chi connectivity index (χ2v) is 15.9. The van der Waals surface area contributed by atoms with Crippen LogP contribution in [0.25, 0.3) is 0 Å². The Morgan fingerprint density at radius 3 is 1.90 bits per heavy atom. The molecular weight excluding hydrogens is 386 g/mol. The number of hydrogen-bond donors (Lipinski definition) is 2. The summed E-state index contributed by atoms with van der Waals surface area (Å²) in [6, 6.07) is 9.09. The van der Waals surface area contributed by atoms with Gasteiger partial charge in [-0.1, -0.05) is 97.2 Å². The number of unbranched alkanes of at least 4 members (excludes halogenated alkanes) is 8. The summed E-state index contributed by atoms with van der Waals surface area (Å²) in [5, 5.41) is 12.5. The third kappa shape index (κ3) is 11.5. The Hall–Kier alpha value is -1.73. The molecule has 4 heteroatoms. The van der Waals surface area contributed by atoms with Crippen molar-refractivity contribution in [3.8, 4) is 11.8 Å². The molecule has 0 radical (unpaired) electrons. The quantitative estimate of drug-likeness (QED) is 0.193. The van der Waals surface area contributed by atoms with Gasteiger partial charge in [0.15, 0.2) is 0 Å². The highest BCUT2D eigenvalue weighted by atomic mass is 28.3. The van der Waals surface area contributed by atoms with Crippen molar-refractivity contribution in [1.29, 1.82) is 0 Å². The van der Waals surface area contributed by atoms with Crippen molar-refractivity contribution in [2.75, 3.05) is 11.9 Å². The van der Waals surface area contributed by atoms with Gasteiger partial charge in [-0.05, 0) is 35.7 Å². The first-order chi connectivity index (χ1) is 14.1. The summed E-state index contributed by atoms with van der Waals surface area (Å²) in [5.41, 5.74) is 1.79. The van der Waals surface area contributed by atoms with Crippen molar-refractivity contribution in [3.05, 3.63) is 29.8 Å². The molecule has 0 amide bonds. The first-order valence-electron chi connectivity index (χ1n) is 11.7. The highest BCUT2D eigenvalue weighted by Gasteiger charge is 2.33. The smallest absolute Gasteiger partial charge is 0.382 e. The molecular formula is C26H43NO2Si. The minimum Gasteiger partial charge on any atom is -0.472 e. The summed E-state index contributed by atoms with van der Waals surface area (Å²) < 4.78 is 0. The second-order valence-electron chi connectivity index (χ2n) is 10.1. The van der Waals surface area contributed by atoms with Gasteiger partial charge in [0.25, 0.3) is 0 Å². The summed E-state index contributed by atoms with van der Waals surface area (Å²) in [5.74, 6) is 3.65. The van der Waals surface area contributed by atoms with Gasteiger partial charge in [-0.25, -0.2) is 4.79 Å². The summed E-state index contributed by atoms with van der Waals surface area (Å²) in [6.45, 7) is 13.3. The van der Waals surface area contributed by atoms with E-state index in [-0.39, 0.29) is 0 Å². The maximum atomic E-state index is 10.4. The highest BCUT2D eigenvalue weighted by Crippen LogP contribution is 2.39. The maximum absolute atomic E-state index is 10.4. The van der Waals surface area contributed by atoms with Gasteiger partial charge in [0.05, 0.1) is 8.07 Å². The van der Waals surface area contributed by atoms with Crippen LogP contribution < -0.4 is 5.32 Å². The number of benzene rings is 1. The van der Waals surface area contributed by atoms with Crippen molar-refractivity contribution < 1.29 is 9.90 Å². The largest absolute Gasteiger partial charge is 0.472 e. The van der Waals surface area contributed by atoms with Crippen LogP contribution in [0.2, 0.25) is 24.2 Å². The fourth-order valence-electron chi connectivity index (χ4n) is 3.33. The normalized spacial score (nSPS) is 11.6. The van der Waals surface area contributed by atoms with Gasteiger partial charge >= 0.3 is 5.97 Å². The van der Waals surface area contributed by atoms with E-state index in [1.54, 1.807) is 0 Å². The molecule has 1 aromatic rings. The van der Waals surface area contributed by atoms with Crippen molar-refractivity contribution in [3.63, 3.8) is 0 Å². The lowest BCUT2D eigenvalue weighted by Crippen LogP contribution is -2.36. The molecule has 1 rings (SSSR count). The molecule has 0 aromatic heterocycles. The highest BCUT2D eigenvalue weighted by molar-refractivity contribution is 6.80. The fourth-order valence-corrected chi connectivity index (χ4v) is 5.22. The minimum atomic E-state index is -1.10. The minimum absolute atomic E-state index is 0.530. The predicted molar refractivity (Wildman–Crippen MR) is 133 cm³/mol. The van der Waals surface area contributed by atoms with Crippen molar-refractivity contribution in [2.45, 2.75) is 103 Å². The van der Waals surface area contributed by atoms with Crippen LogP contribution in [0.4, 0.5) is 5.69 Å². The molecule has 2 N–H and O–H groups in total. The van der Waals surface area contributed by atoms with Gasteiger partial charge in [0.1, 0.15) is 0 Å². The molecule has 0 saturated heterocycles. The molecule has 1 aromatic carbocycles. The average Bonchev–Trinajstić information content (AvgIpc) is 2.67. The van der Waals surface area contributed by atoms with E-state index in [4.69, 9.17) is 5.11 Å². The molecule has 168 valence electrons. The Bertz CT molecular complexity index is 678. The number of carboxylic acids is 1. The van der Waals surface area contributed by atoms with E-state index in [1.807, 2.05) is 24.3 Å². The zero-order valence-electron chi connectivity index (χ0n) is 19.9. The first kappa shape index (κ1) is 26.3. The van der Waals surface area contributed by atoms with E-state index in [1.165, 1.54) is 63.8 Å². The van der Waals surface area contributed by atoms with Crippen LogP contribution in [0.5, 0.6) is 0 Å². The van der Waals surface area contributed by atoms with E-state index >= 15 is 0 Å². The summed E-state index contributed by atoms with van der Waals surface area (Å²) in [7, 11) is -1.07. The summed E-state index contributed by atoms with van der Waals surface area (Å²) >= 11 is 0. The van der Waals surface area contributed by atoms with Crippen LogP contribution in [0.1, 0.15) is 84.1 Å². The van der Waals surface area contributed by atoms with E-state index in [9.17, 15) is 4.79 Å². The van der Waals surface area contributed by atoms with Gasteiger partial charge in [0.2, 0.25) is 0 Å². The average molecular weight is 430 g/mol. The van der Waals surface area contributed by atoms with Gasteiger partial charge in [0, 0.05) is 23.7 Å². The molecule has 0 unspecified atom stereocenters. The predicted octanol–water partition coefficient (Wildman–Crippen LogP) is 7.55. The van der Waals surface area contributed by atoms with Crippen LogP contribution in [0, 0.1) is 11.8 Å². The molecule has 30 heavy (non-hydrogen) atoms. The topological polar surface area (TPSA) is 49.3 Å². The molecule has 0 aliphatic carbocycles. The van der Waals surface area contributed by atoms with Gasteiger partial charge in [-0.15, -0.1) is 0 Å². The van der Waals surface area contributed by atoms with E-state index in [2.05, 4.69) is 51.0 Å². The van der Waals surface area contributed by atoms with E-state index < -0.39 is 14.0 Å². The molecule has 0 fully saturated rings. The summed E-state index contributed by atoms with van der Waals surface area (Å²) in [6.07, 6.45) is 12.2. The molecule has 0 saturated carbocycles. The Morgan fingerprint density at radius 1 is 0.900 bits per heavy atom. The standard InChI is InChI=1S/C26H43NO2Si/c1-26(2,3)30(4,5)22-14-12-10-8-6-7-9-11-13-21-27-24-18-15-23(16-19-24)17-20-25(28)29/h15-16,18-19,27H,6-14,21-22H2,1-5H3,(H,28,29). The molecule has 3 nitrogen and oxygen atoms in total. The van der Waals surface area contributed by atoms with Gasteiger partial charge in [-0.2, -0.15) is 0 Å². The number of carboxylic acid groups (broad SMARTS) is 1. The zero-order chi connectivity index (χ0) is 22.5. The lowest BCUT2D eigenvalue weighted by Gasteiger charge is -2.37.